The maximum absolute atomic E-state index is 11.1. The van der Waals surface area contributed by atoms with E-state index in [9.17, 15) is 13.2 Å². The molecule has 1 atom stereocenters. The highest BCUT2D eigenvalue weighted by atomic mass is 32.2. The summed E-state index contributed by atoms with van der Waals surface area (Å²) < 4.78 is 29.8. The van der Waals surface area contributed by atoms with E-state index in [1.165, 1.54) is 13.8 Å². The Labute approximate surface area is 95.6 Å². The van der Waals surface area contributed by atoms with Crippen LogP contribution in [0.25, 0.3) is 0 Å². The lowest BCUT2D eigenvalue weighted by atomic mass is 9.77. The number of nitrogens with two attached hydrogens (primary N) is 1. The zero-order chi connectivity index (χ0) is 13.4. The smallest absolute Gasteiger partial charge is 0.321 e. The van der Waals surface area contributed by atoms with Gasteiger partial charge in [0, 0.05) is 0 Å². The first-order valence-electron chi connectivity index (χ1n) is 4.77. The van der Waals surface area contributed by atoms with E-state index < -0.39 is 32.3 Å². The van der Waals surface area contributed by atoms with Crippen molar-refractivity contribution in [2.75, 3.05) is 0 Å². The van der Waals surface area contributed by atoms with Crippen molar-refractivity contribution in [1.29, 1.82) is 0 Å². The number of rotatable bonds is 5. The lowest BCUT2D eigenvalue weighted by molar-refractivity contribution is -0.141. The molecule has 16 heavy (non-hydrogen) atoms. The SMILES string of the molecule is CC(C)(CC(C)(C)S(=O)(=O)O)C(N)C(=O)O. The first-order chi connectivity index (χ1) is 6.81. The predicted octanol–water partition coefficient (Wildman–Crippen LogP) is 0.481. The van der Waals surface area contributed by atoms with Crippen LogP contribution in [0, 0.1) is 5.41 Å². The van der Waals surface area contributed by atoms with E-state index in [-0.39, 0.29) is 6.42 Å². The fraction of sp³-hybridized carbons (Fsp3) is 0.889. The number of hydrogen-bond acceptors (Lipinski definition) is 4. The van der Waals surface area contributed by atoms with E-state index in [0.717, 1.165) is 0 Å². The van der Waals surface area contributed by atoms with Gasteiger partial charge in [0.15, 0.2) is 0 Å². The number of hydrogen-bond donors (Lipinski definition) is 3. The van der Waals surface area contributed by atoms with E-state index in [1.807, 2.05) is 0 Å². The van der Waals surface area contributed by atoms with Gasteiger partial charge in [-0.3, -0.25) is 9.35 Å². The van der Waals surface area contributed by atoms with Crippen LogP contribution < -0.4 is 5.73 Å². The van der Waals surface area contributed by atoms with Crippen molar-refractivity contribution < 1.29 is 22.9 Å². The fourth-order valence-electron chi connectivity index (χ4n) is 1.63. The summed E-state index contributed by atoms with van der Waals surface area (Å²) in [6.45, 7) is 5.77. The highest BCUT2D eigenvalue weighted by molar-refractivity contribution is 7.87. The third-order valence-corrected chi connectivity index (χ3v) is 4.23. The third kappa shape index (κ3) is 3.43. The van der Waals surface area contributed by atoms with Crippen molar-refractivity contribution >= 4 is 16.1 Å². The molecule has 0 spiro atoms. The third-order valence-electron chi connectivity index (χ3n) is 2.69. The molecule has 0 bridgehead atoms. The summed E-state index contributed by atoms with van der Waals surface area (Å²) in [5, 5.41) is 8.78. The quantitative estimate of drug-likeness (QED) is 0.613. The Bertz CT molecular complexity index is 371. The van der Waals surface area contributed by atoms with Crippen molar-refractivity contribution in [1.82, 2.24) is 0 Å². The molecule has 0 fully saturated rings. The minimum Gasteiger partial charge on any atom is -0.480 e. The first kappa shape index (κ1) is 15.3. The van der Waals surface area contributed by atoms with Crippen molar-refractivity contribution in [2.45, 2.75) is 44.9 Å². The molecule has 7 heteroatoms. The van der Waals surface area contributed by atoms with E-state index in [0.29, 0.717) is 0 Å². The molecule has 6 nitrogen and oxygen atoms in total. The summed E-state index contributed by atoms with van der Waals surface area (Å²) in [4.78, 5) is 10.7. The highest BCUT2D eigenvalue weighted by Gasteiger charge is 2.42. The molecular formula is C9H19NO5S. The maximum Gasteiger partial charge on any atom is 0.321 e. The minimum atomic E-state index is -4.24. The van der Waals surface area contributed by atoms with Crippen molar-refractivity contribution in [3.63, 3.8) is 0 Å². The average molecular weight is 253 g/mol. The van der Waals surface area contributed by atoms with Gasteiger partial charge in [0.2, 0.25) is 0 Å². The molecule has 0 rings (SSSR count). The second-order valence-electron chi connectivity index (χ2n) is 5.22. The predicted molar refractivity (Wildman–Crippen MR) is 59.6 cm³/mol. The van der Waals surface area contributed by atoms with E-state index in [1.54, 1.807) is 13.8 Å². The molecule has 0 heterocycles. The van der Waals surface area contributed by atoms with Crippen LogP contribution in [-0.4, -0.2) is 34.8 Å². The van der Waals surface area contributed by atoms with E-state index in [4.69, 9.17) is 15.4 Å². The van der Waals surface area contributed by atoms with Crippen LogP contribution in [0.2, 0.25) is 0 Å². The molecule has 96 valence electrons. The average Bonchev–Trinajstić information content (AvgIpc) is 1.98. The Morgan fingerprint density at radius 2 is 1.69 bits per heavy atom. The molecule has 0 aliphatic heterocycles. The van der Waals surface area contributed by atoms with Gasteiger partial charge in [-0.25, -0.2) is 0 Å². The second kappa shape index (κ2) is 4.31. The van der Waals surface area contributed by atoms with Gasteiger partial charge in [-0.15, -0.1) is 0 Å². The Morgan fingerprint density at radius 3 is 1.94 bits per heavy atom. The summed E-state index contributed by atoms with van der Waals surface area (Å²) in [6.07, 6.45) is -0.0493. The largest absolute Gasteiger partial charge is 0.480 e. The molecule has 4 N–H and O–H groups in total. The van der Waals surface area contributed by atoms with Crippen LogP contribution in [0.3, 0.4) is 0 Å². The van der Waals surface area contributed by atoms with Crippen LogP contribution in [0.4, 0.5) is 0 Å². The van der Waals surface area contributed by atoms with Crippen LogP contribution in [0.15, 0.2) is 0 Å². The van der Waals surface area contributed by atoms with Gasteiger partial charge in [0.1, 0.15) is 6.04 Å². The number of aliphatic carboxylic acids is 1. The summed E-state index contributed by atoms with van der Waals surface area (Å²) in [7, 11) is -4.24. The zero-order valence-corrected chi connectivity index (χ0v) is 10.7. The summed E-state index contributed by atoms with van der Waals surface area (Å²) in [6, 6.07) is -1.19. The molecule has 0 saturated heterocycles. The Balaban J connectivity index is 5.06. The highest BCUT2D eigenvalue weighted by Crippen LogP contribution is 2.34. The molecule has 0 aliphatic carbocycles. The Hall–Kier alpha value is -0.660. The van der Waals surface area contributed by atoms with E-state index >= 15 is 0 Å². The lowest BCUT2D eigenvalue weighted by Gasteiger charge is -2.35. The van der Waals surface area contributed by atoms with Crippen LogP contribution in [-0.2, 0) is 14.9 Å². The van der Waals surface area contributed by atoms with Gasteiger partial charge in [-0.1, -0.05) is 13.8 Å². The second-order valence-corrected chi connectivity index (χ2v) is 7.27. The van der Waals surface area contributed by atoms with Gasteiger partial charge in [-0.05, 0) is 25.7 Å². The van der Waals surface area contributed by atoms with Crippen molar-refractivity contribution in [2.24, 2.45) is 11.1 Å². The standard InChI is InChI=1S/C9H19NO5S/c1-8(2,6(10)7(11)12)5-9(3,4)16(13,14)15/h6H,5,10H2,1-4H3,(H,11,12)(H,13,14,15). The van der Waals surface area contributed by atoms with Crippen molar-refractivity contribution in [3.8, 4) is 0 Å². The molecule has 0 aromatic carbocycles. The fourth-order valence-corrected chi connectivity index (χ4v) is 2.19. The van der Waals surface area contributed by atoms with Crippen molar-refractivity contribution in [3.05, 3.63) is 0 Å². The van der Waals surface area contributed by atoms with Gasteiger partial charge in [-0.2, -0.15) is 8.42 Å². The molecule has 1 unspecified atom stereocenters. The summed E-state index contributed by atoms with van der Waals surface area (Å²) >= 11 is 0. The normalized spacial score (nSPS) is 15.9. The molecule has 0 saturated carbocycles. The molecular weight excluding hydrogens is 234 g/mol. The maximum atomic E-state index is 11.1. The Kier molecular flexibility index (Phi) is 4.13. The van der Waals surface area contributed by atoms with E-state index in [2.05, 4.69) is 0 Å². The van der Waals surface area contributed by atoms with Gasteiger partial charge in [0.05, 0.1) is 4.75 Å². The number of carbonyl (C=O) groups is 1. The summed E-state index contributed by atoms with van der Waals surface area (Å²) in [5.41, 5.74) is 4.53. The van der Waals surface area contributed by atoms with Gasteiger partial charge < -0.3 is 10.8 Å². The van der Waals surface area contributed by atoms with Crippen LogP contribution >= 0.6 is 0 Å². The van der Waals surface area contributed by atoms with Crippen LogP contribution in [0.1, 0.15) is 34.1 Å². The number of carboxylic acid groups (broad SMARTS) is 1. The number of carboxylic acids is 1. The monoisotopic (exact) mass is 253 g/mol. The Morgan fingerprint density at radius 1 is 1.31 bits per heavy atom. The topological polar surface area (TPSA) is 118 Å². The molecule has 0 aromatic rings. The summed E-state index contributed by atoms with van der Waals surface area (Å²) in [5.74, 6) is -1.20. The first-order valence-corrected chi connectivity index (χ1v) is 6.21. The lowest BCUT2D eigenvalue weighted by Crippen LogP contribution is -2.48. The van der Waals surface area contributed by atoms with Crippen LogP contribution in [0.5, 0.6) is 0 Å². The zero-order valence-electron chi connectivity index (χ0n) is 9.89. The molecule has 0 radical (unpaired) electrons. The molecule has 0 aromatic heterocycles. The van der Waals surface area contributed by atoms with Gasteiger partial charge in [0.25, 0.3) is 10.1 Å². The van der Waals surface area contributed by atoms with Gasteiger partial charge >= 0.3 is 5.97 Å². The molecule has 0 aliphatic rings. The molecule has 0 amide bonds. The minimum absolute atomic E-state index is 0.0493.